The summed E-state index contributed by atoms with van der Waals surface area (Å²) in [5.74, 6) is -1.29. The van der Waals surface area contributed by atoms with E-state index in [1.165, 1.54) is 23.1 Å². The number of fused-ring (bicyclic) bond motifs is 1. The van der Waals surface area contributed by atoms with E-state index in [0.717, 1.165) is 0 Å². The van der Waals surface area contributed by atoms with Gasteiger partial charge >= 0.3 is 12.2 Å². The second-order valence-electron chi connectivity index (χ2n) is 6.89. The first-order valence-electron chi connectivity index (χ1n) is 9.14. The Morgan fingerprint density at radius 2 is 1.97 bits per heavy atom. The molecule has 0 unspecified atom stereocenters. The molecule has 1 aromatic heterocycles. The molecule has 0 radical (unpaired) electrons. The number of urea groups is 1. The van der Waals surface area contributed by atoms with E-state index in [1.54, 1.807) is 10.6 Å². The van der Waals surface area contributed by atoms with Gasteiger partial charge in [-0.1, -0.05) is 23.7 Å². The number of rotatable bonds is 5. The molecule has 0 spiro atoms. The predicted molar refractivity (Wildman–Crippen MR) is 102 cm³/mol. The summed E-state index contributed by atoms with van der Waals surface area (Å²) in [6, 6.07) is 4.99. The van der Waals surface area contributed by atoms with Crippen molar-refractivity contribution >= 4 is 23.5 Å². The summed E-state index contributed by atoms with van der Waals surface area (Å²) in [7, 11) is 0. The molecule has 6 nitrogen and oxygen atoms in total. The van der Waals surface area contributed by atoms with Gasteiger partial charge < -0.3 is 20.5 Å². The number of benzene rings is 1. The smallest absolute Gasteiger partial charge is 0.366 e. The largest absolute Gasteiger partial charge is 0.389 e. The van der Waals surface area contributed by atoms with Gasteiger partial charge in [-0.2, -0.15) is 13.2 Å². The van der Waals surface area contributed by atoms with Crippen molar-refractivity contribution in [3.63, 3.8) is 0 Å². The third kappa shape index (κ3) is 4.69. The van der Waals surface area contributed by atoms with E-state index in [1.807, 2.05) is 0 Å². The predicted octanol–water partition coefficient (Wildman–Crippen LogP) is 3.91. The molecule has 0 aliphatic carbocycles. The molecule has 0 fully saturated rings. The average molecular weight is 447 g/mol. The summed E-state index contributed by atoms with van der Waals surface area (Å²) in [5.41, 5.74) is 6.69. The second kappa shape index (κ2) is 8.55. The maximum Gasteiger partial charge on any atom is 0.389 e. The van der Waals surface area contributed by atoms with E-state index in [2.05, 4.69) is 5.32 Å². The molecule has 3 amide bonds. The molecule has 2 aromatic rings. The summed E-state index contributed by atoms with van der Waals surface area (Å²) < 4.78 is 52.0. The SMILES string of the molecule is NC(=O)c1c(-c2cccc(F)c2)c(Cl)n2c1CN(C(=O)NCCCC(F)(F)F)CC2. The number of nitrogens with zero attached hydrogens (tertiary/aromatic N) is 2. The molecule has 0 saturated heterocycles. The number of hydrogen-bond donors (Lipinski definition) is 2. The number of aromatic nitrogens is 1. The molecular weight excluding hydrogens is 428 g/mol. The van der Waals surface area contributed by atoms with Crippen LogP contribution in [0, 0.1) is 5.82 Å². The van der Waals surface area contributed by atoms with Gasteiger partial charge in [0.05, 0.1) is 17.8 Å². The van der Waals surface area contributed by atoms with E-state index in [0.29, 0.717) is 11.3 Å². The van der Waals surface area contributed by atoms with Crippen LogP contribution in [0.5, 0.6) is 0 Å². The number of hydrogen-bond acceptors (Lipinski definition) is 2. The van der Waals surface area contributed by atoms with E-state index in [-0.39, 0.29) is 48.9 Å². The highest BCUT2D eigenvalue weighted by atomic mass is 35.5. The van der Waals surface area contributed by atoms with Crippen LogP contribution in [0.1, 0.15) is 28.9 Å². The van der Waals surface area contributed by atoms with Crippen molar-refractivity contribution in [1.82, 2.24) is 14.8 Å². The van der Waals surface area contributed by atoms with E-state index < -0.39 is 30.4 Å². The number of alkyl halides is 3. The molecule has 0 saturated carbocycles. The third-order valence-corrected chi connectivity index (χ3v) is 5.20. The molecule has 30 heavy (non-hydrogen) atoms. The standard InChI is InChI=1S/C19H19ClF4N4O2/c20-16-14(11-3-1-4-12(21)9-11)15(17(25)29)13-10-27(7-8-28(13)16)18(30)26-6-2-5-19(22,23)24/h1,3-4,9H,2,5-8,10H2,(H2,25,29)(H,26,30). The monoisotopic (exact) mass is 446 g/mol. The van der Waals surface area contributed by atoms with Gasteiger partial charge in [-0.3, -0.25) is 4.79 Å². The zero-order valence-corrected chi connectivity index (χ0v) is 16.5. The number of nitrogens with one attached hydrogen (secondary N) is 1. The highest BCUT2D eigenvalue weighted by molar-refractivity contribution is 6.33. The average Bonchev–Trinajstić information content (AvgIpc) is 2.96. The Morgan fingerprint density at radius 1 is 1.23 bits per heavy atom. The minimum atomic E-state index is -4.28. The Hall–Kier alpha value is -2.75. The lowest BCUT2D eigenvalue weighted by Gasteiger charge is -2.29. The minimum absolute atomic E-state index is 0.0155. The maximum atomic E-state index is 13.7. The fourth-order valence-corrected chi connectivity index (χ4v) is 3.85. The van der Waals surface area contributed by atoms with E-state index in [9.17, 15) is 27.2 Å². The van der Waals surface area contributed by atoms with Crippen LogP contribution >= 0.6 is 11.6 Å². The first-order chi connectivity index (χ1) is 14.1. The Labute approximate surface area is 174 Å². The minimum Gasteiger partial charge on any atom is -0.366 e. The lowest BCUT2D eigenvalue weighted by molar-refractivity contribution is -0.135. The zero-order valence-electron chi connectivity index (χ0n) is 15.7. The fraction of sp³-hybridized carbons (Fsp3) is 0.368. The molecule has 162 valence electrons. The molecule has 1 aliphatic heterocycles. The van der Waals surface area contributed by atoms with E-state index >= 15 is 0 Å². The first kappa shape index (κ1) is 21.9. The molecule has 1 aliphatic rings. The van der Waals surface area contributed by atoms with Gasteiger partial charge in [0.25, 0.3) is 5.91 Å². The van der Waals surface area contributed by atoms with Crippen LogP contribution in [-0.2, 0) is 13.1 Å². The van der Waals surface area contributed by atoms with Crippen LogP contribution in [0.25, 0.3) is 11.1 Å². The van der Waals surface area contributed by atoms with Gasteiger partial charge in [-0.15, -0.1) is 0 Å². The third-order valence-electron chi connectivity index (χ3n) is 4.80. The van der Waals surface area contributed by atoms with Crippen molar-refractivity contribution in [3.05, 3.63) is 46.5 Å². The zero-order chi connectivity index (χ0) is 22.1. The fourth-order valence-electron chi connectivity index (χ4n) is 3.46. The lowest BCUT2D eigenvalue weighted by atomic mass is 10.0. The van der Waals surface area contributed by atoms with Crippen molar-refractivity contribution in [1.29, 1.82) is 0 Å². The number of primary amides is 1. The summed E-state index contributed by atoms with van der Waals surface area (Å²) in [4.78, 5) is 25.9. The van der Waals surface area contributed by atoms with Crippen LogP contribution in [0.2, 0.25) is 5.15 Å². The van der Waals surface area contributed by atoms with Crippen molar-refractivity contribution in [3.8, 4) is 11.1 Å². The Bertz CT molecular complexity index is 974. The molecule has 2 heterocycles. The summed E-state index contributed by atoms with van der Waals surface area (Å²) in [5, 5.41) is 2.65. The highest BCUT2D eigenvalue weighted by Crippen LogP contribution is 2.38. The van der Waals surface area contributed by atoms with Gasteiger partial charge in [0.1, 0.15) is 11.0 Å². The highest BCUT2D eigenvalue weighted by Gasteiger charge is 2.32. The summed E-state index contributed by atoms with van der Waals surface area (Å²) in [6.45, 7) is 0.333. The number of halogens is 5. The van der Waals surface area contributed by atoms with Gasteiger partial charge in [-0.05, 0) is 24.1 Å². The topological polar surface area (TPSA) is 80.4 Å². The van der Waals surface area contributed by atoms with Gasteiger partial charge in [0, 0.05) is 31.6 Å². The van der Waals surface area contributed by atoms with Gasteiger partial charge in [-0.25, -0.2) is 9.18 Å². The van der Waals surface area contributed by atoms with Crippen molar-refractivity contribution in [2.45, 2.75) is 32.1 Å². The molecule has 3 N–H and O–H groups in total. The maximum absolute atomic E-state index is 13.7. The Morgan fingerprint density at radius 3 is 2.60 bits per heavy atom. The van der Waals surface area contributed by atoms with Crippen LogP contribution in [0.3, 0.4) is 0 Å². The normalized spacial score (nSPS) is 13.8. The molecule has 11 heteroatoms. The van der Waals surface area contributed by atoms with Gasteiger partial charge in [0.2, 0.25) is 0 Å². The number of nitrogens with two attached hydrogens (primary N) is 1. The number of carbonyl (C=O) groups excluding carboxylic acids is 2. The lowest BCUT2D eigenvalue weighted by Crippen LogP contribution is -2.44. The molecule has 1 aromatic carbocycles. The first-order valence-corrected chi connectivity index (χ1v) is 9.52. The van der Waals surface area contributed by atoms with Crippen molar-refractivity contribution in [2.24, 2.45) is 5.73 Å². The van der Waals surface area contributed by atoms with Crippen molar-refractivity contribution in [2.75, 3.05) is 13.1 Å². The summed E-state index contributed by atoms with van der Waals surface area (Å²) >= 11 is 6.46. The van der Waals surface area contributed by atoms with Crippen LogP contribution in [0.4, 0.5) is 22.4 Å². The Kier molecular flexibility index (Phi) is 6.25. The number of amides is 3. The molecule has 0 bridgehead atoms. The quantitative estimate of drug-likeness (QED) is 0.539. The molecule has 3 rings (SSSR count). The van der Waals surface area contributed by atoms with Crippen LogP contribution < -0.4 is 11.1 Å². The summed E-state index contributed by atoms with van der Waals surface area (Å²) in [6.07, 6.45) is -5.51. The second-order valence-corrected chi connectivity index (χ2v) is 7.24. The van der Waals surface area contributed by atoms with Gasteiger partial charge in [0.15, 0.2) is 0 Å². The van der Waals surface area contributed by atoms with Crippen LogP contribution in [-0.4, -0.2) is 40.7 Å². The Balaban J connectivity index is 1.82. The van der Waals surface area contributed by atoms with Crippen molar-refractivity contribution < 1.29 is 27.2 Å². The van der Waals surface area contributed by atoms with Crippen LogP contribution in [0.15, 0.2) is 24.3 Å². The van der Waals surface area contributed by atoms with E-state index in [4.69, 9.17) is 17.3 Å². The molecule has 0 atom stereocenters. The molecular formula is C19H19ClF4N4O2. The number of carbonyl (C=O) groups is 2.